The van der Waals surface area contributed by atoms with Gasteiger partial charge in [-0.3, -0.25) is 9.36 Å². The summed E-state index contributed by atoms with van der Waals surface area (Å²) < 4.78 is 2.36. The summed E-state index contributed by atoms with van der Waals surface area (Å²) in [6.07, 6.45) is 2.32. The van der Waals surface area contributed by atoms with E-state index in [1.165, 1.54) is 9.47 Å². The molecule has 0 bridgehead atoms. The van der Waals surface area contributed by atoms with Gasteiger partial charge in [0.25, 0.3) is 0 Å². The lowest BCUT2D eigenvalue weighted by molar-refractivity contribution is 0.112. The lowest BCUT2D eigenvalue weighted by Crippen LogP contribution is -2.26. The van der Waals surface area contributed by atoms with Crippen LogP contribution in [-0.2, 0) is 0 Å². The lowest BCUT2D eigenvalue weighted by atomic mass is 10.2. The average molecular weight is 295 g/mol. The van der Waals surface area contributed by atoms with Gasteiger partial charge < -0.3 is 4.90 Å². The number of amides is 1. The summed E-state index contributed by atoms with van der Waals surface area (Å²) in [4.78, 5) is 24.4. The van der Waals surface area contributed by atoms with Crippen LogP contribution >= 0.6 is 15.9 Å². The van der Waals surface area contributed by atoms with Crippen LogP contribution in [0.2, 0.25) is 0 Å². The molecule has 0 unspecified atom stereocenters. The van der Waals surface area contributed by atoms with Crippen molar-refractivity contribution in [2.75, 3.05) is 14.1 Å². The van der Waals surface area contributed by atoms with Crippen molar-refractivity contribution in [3.8, 4) is 0 Å². The molecule has 0 atom stereocenters. The Kier molecular flexibility index (Phi) is 3.02. The Balaban J connectivity index is 2.73. The fraction of sp³-hybridized carbons (Fsp3) is 0.167. The highest BCUT2D eigenvalue weighted by atomic mass is 79.9. The smallest absolute Gasteiger partial charge is 0.328 e. The van der Waals surface area contributed by atoms with Crippen molar-refractivity contribution in [3.63, 3.8) is 0 Å². The van der Waals surface area contributed by atoms with Gasteiger partial charge in [0, 0.05) is 35.7 Å². The summed E-state index contributed by atoms with van der Waals surface area (Å²) in [5, 5.41) is 0.768. The monoisotopic (exact) mass is 294 g/mol. The van der Waals surface area contributed by atoms with E-state index in [1.807, 2.05) is 18.2 Å². The fourth-order valence-corrected chi connectivity index (χ4v) is 2.06. The zero-order valence-electron chi connectivity index (χ0n) is 9.48. The van der Waals surface area contributed by atoms with E-state index in [2.05, 4.69) is 15.9 Å². The number of carbonyl (C=O) groups excluding carboxylic acids is 2. The molecule has 0 aliphatic heterocycles. The second-order valence-electron chi connectivity index (χ2n) is 3.91. The van der Waals surface area contributed by atoms with Crippen molar-refractivity contribution in [1.82, 2.24) is 9.47 Å². The van der Waals surface area contributed by atoms with Crippen LogP contribution in [-0.4, -0.2) is 35.9 Å². The van der Waals surface area contributed by atoms with Crippen molar-refractivity contribution in [1.29, 1.82) is 0 Å². The zero-order valence-corrected chi connectivity index (χ0v) is 11.1. The van der Waals surface area contributed by atoms with Gasteiger partial charge in [0.2, 0.25) is 0 Å². The van der Waals surface area contributed by atoms with Gasteiger partial charge >= 0.3 is 6.03 Å². The summed E-state index contributed by atoms with van der Waals surface area (Å²) in [6.45, 7) is 0. The maximum atomic E-state index is 11.9. The normalized spacial score (nSPS) is 10.5. The van der Waals surface area contributed by atoms with Gasteiger partial charge in [-0.2, -0.15) is 0 Å². The van der Waals surface area contributed by atoms with Crippen molar-refractivity contribution >= 4 is 39.2 Å². The Bertz CT molecular complexity index is 602. The summed E-state index contributed by atoms with van der Waals surface area (Å²) in [7, 11) is 3.35. The molecule has 0 spiro atoms. The van der Waals surface area contributed by atoms with Gasteiger partial charge in [0.05, 0.1) is 5.52 Å². The van der Waals surface area contributed by atoms with Crippen molar-refractivity contribution in [2.45, 2.75) is 0 Å². The third-order valence-electron chi connectivity index (χ3n) is 2.51. The Morgan fingerprint density at radius 1 is 1.41 bits per heavy atom. The molecule has 0 saturated carbocycles. The van der Waals surface area contributed by atoms with Crippen LogP contribution < -0.4 is 0 Å². The van der Waals surface area contributed by atoms with Gasteiger partial charge in [-0.05, 0) is 18.2 Å². The SMILES string of the molecule is CN(C)C(=O)n1cc(C=O)c2cc(Br)ccc21. The Morgan fingerprint density at radius 3 is 2.71 bits per heavy atom. The van der Waals surface area contributed by atoms with E-state index in [0.29, 0.717) is 5.56 Å². The molecule has 0 fully saturated rings. The second-order valence-corrected chi connectivity index (χ2v) is 4.83. The van der Waals surface area contributed by atoms with Crippen molar-refractivity contribution < 1.29 is 9.59 Å². The number of hydrogen-bond acceptors (Lipinski definition) is 2. The molecule has 1 heterocycles. The van der Waals surface area contributed by atoms with Crippen molar-refractivity contribution in [3.05, 3.63) is 34.4 Å². The minimum absolute atomic E-state index is 0.176. The third-order valence-corrected chi connectivity index (χ3v) is 3.01. The van der Waals surface area contributed by atoms with E-state index >= 15 is 0 Å². The summed E-state index contributed by atoms with van der Waals surface area (Å²) in [5.41, 5.74) is 1.24. The van der Waals surface area contributed by atoms with Gasteiger partial charge in [-0.25, -0.2) is 4.79 Å². The summed E-state index contributed by atoms with van der Waals surface area (Å²) in [5.74, 6) is 0. The number of rotatable bonds is 1. The number of aldehydes is 1. The van der Waals surface area contributed by atoms with E-state index in [1.54, 1.807) is 20.3 Å². The van der Waals surface area contributed by atoms with Crippen LogP contribution in [0.3, 0.4) is 0 Å². The first-order valence-electron chi connectivity index (χ1n) is 5.02. The maximum Gasteiger partial charge on any atom is 0.328 e. The highest BCUT2D eigenvalue weighted by Crippen LogP contribution is 2.24. The third kappa shape index (κ3) is 1.98. The lowest BCUT2D eigenvalue weighted by Gasteiger charge is -2.11. The molecule has 5 heteroatoms. The molecule has 2 rings (SSSR count). The first kappa shape index (κ1) is 11.9. The van der Waals surface area contributed by atoms with E-state index in [-0.39, 0.29) is 6.03 Å². The molecule has 4 nitrogen and oxygen atoms in total. The summed E-state index contributed by atoms with van der Waals surface area (Å²) in [6, 6.07) is 5.31. The molecule has 0 aliphatic carbocycles. The number of hydrogen-bond donors (Lipinski definition) is 0. The molecule has 0 aliphatic rings. The number of benzene rings is 1. The number of halogens is 1. The van der Waals surface area contributed by atoms with Crippen LogP contribution in [0.15, 0.2) is 28.9 Å². The van der Waals surface area contributed by atoms with E-state index < -0.39 is 0 Å². The van der Waals surface area contributed by atoms with E-state index in [9.17, 15) is 9.59 Å². The van der Waals surface area contributed by atoms with Crippen LogP contribution in [0, 0.1) is 0 Å². The zero-order chi connectivity index (χ0) is 12.6. The van der Waals surface area contributed by atoms with Crippen LogP contribution in [0.4, 0.5) is 4.79 Å². The predicted octanol–water partition coefficient (Wildman–Crippen LogP) is 2.75. The van der Waals surface area contributed by atoms with E-state index in [4.69, 9.17) is 0 Å². The van der Waals surface area contributed by atoms with Gasteiger partial charge in [0.1, 0.15) is 0 Å². The Labute approximate surface area is 107 Å². The van der Waals surface area contributed by atoms with E-state index in [0.717, 1.165) is 21.7 Å². The molecule has 17 heavy (non-hydrogen) atoms. The molecule has 0 radical (unpaired) electrons. The second kappa shape index (κ2) is 4.33. The molecule has 2 aromatic rings. The Hall–Kier alpha value is -1.62. The molecule has 0 N–H and O–H groups in total. The summed E-state index contributed by atoms with van der Waals surface area (Å²) >= 11 is 3.35. The number of aromatic nitrogens is 1. The number of carbonyl (C=O) groups is 2. The average Bonchev–Trinajstić information content (AvgIpc) is 2.65. The first-order valence-corrected chi connectivity index (χ1v) is 5.81. The number of fused-ring (bicyclic) bond motifs is 1. The maximum absolute atomic E-state index is 11.9. The molecule has 88 valence electrons. The molecule has 0 saturated heterocycles. The standard InChI is InChI=1S/C12H11BrN2O2/c1-14(2)12(17)15-6-8(7-16)10-5-9(13)3-4-11(10)15/h3-7H,1-2H3. The minimum Gasteiger partial charge on any atom is -0.330 e. The highest BCUT2D eigenvalue weighted by Gasteiger charge is 2.14. The first-order chi connectivity index (χ1) is 8.04. The molecule has 1 amide bonds. The molecule has 1 aromatic carbocycles. The Morgan fingerprint density at radius 2 is 2.12 bits per heavy atom. The predicted molar refractivity (Wildman–Crippen MR) is 69.5 cm³/mol. The molecular formula is C12H11BrN2O2. The van der Waals surface area contributed by atoms with Crippen LogP contribution in [0.5, 0.6) is 0 Å². The van der Waals surface area contributed by atoms with Crippen LogP contribution in [0.1, 0.15) is 10.4 Å². The fourth-order valence-electron chi connectivity index (χ4n) is 1.70. The molecule has 1 aromatic heterocycles. The van der Waals surface area contributed by atoms with Gasteiger partial charge in [0.15, 0.2) is 6.29 Å². The van der Waals surface area contributed by atoms with Crippen LogP contribution in [0.25, 0.3) is 10.9 Å². The molecular weight excluding hydrogens is 284 g/mol. The quantitative estimate of drug-likeness (QED) is 0.759. The van der Waals surface area contributed by atoms with Crippen molar-refractivity contribution in [2.24, 2.45) is 0 Å². The minimum atomic E-state index is -0.176. The van der Waals surface area contributed by atoms with Gasteiger partial charge in [-0.15, -0.1) is 0 Å². The number of nitrogens with zero attached hydrogens (tertiary/aromatic N) is 2. The van der Waals surface area contributed by atoms with Gasteiger partial charge in [-0.1, -0.05) is 15.9 Å². The highest BCUT2D eigenvalue weighted by molar-refractivity contribution is 9.10. The largest absolute Gasteiger partial charge is 0.330 e. The topological polar surface area (TPSA) is 42.3 Å².